The van der Waals surface area contributed by atoms with Crippen LogP contribution in [0.25, 0.3) is 0 Å². The number of hydrogen-bond acceptors (Lipinski definition) is 2. The van der Waals surface area contributed by atoms with E-state index in [-0.39, 0.29) is 17.3 Å². The first-order valence-corrected chi connectivity index (χ1v) is 10.6. The molecule has 0 spiro atoms. The summed E-state index contributed by atoms with van der Waals surface area (Å²) in [6.45, 7) is 4.76. The van der Waals surface area contributed by atoms with E-state index in [2.05, 4.69) is 26.0 Å². The molecule has 2 saturated carbocycles. The molecule has 148 valence electrons. The van der Waals surface area contributed by atoms with Crippen LogP contribution in [0.3, 0.4) is 0 Å². The smallest absolute Gasteiger partial charge is 0.307 e. The summed E-state index contributed by atoms with van der Waals surface area (Å²) >= 11 is 0. The van der Waals surface area contributed by atoms with Crippen LogP contribution in [0.4, 0.5) is 0 Å². The van der Waals surface area contributed by atoms with E-state index in [1.165, 1.54) is 18.4 Å². The van der Waals surface area contributed by atoms with Gasteiger partial charge in [-0.1, -0.05) is 31.6 Å². The third-order valence-corrected chi connectivity index (χ3v) is 8.85. The molecule has 4 rings (SSSR count). The van der Waals surface area contributed by atoms with Crippen LogP contribution in [-0.4, -0.2) is 22.2 Å². The minimum absolute atomic E-state index is 0.164. The van der Waals surface area contributed by atoms with Crippen LogP contribution in [0, 0.1) is 34.5 Å². The maximum Gasteiger partial charge on any atom is 0.307 e. The van der Waals surface area contributed by atoms with Gasteiger partial charge in [-0.2, -0.15) is 0 Å². The van der Waals surface area contributed by atoms with Crippen molar-refractivity contribution in [3.8, 4) is 0 Å². The maximum absolute atomic E-state index is 11.3. The fourth-order valence-corrected chi connectivity index (χ4v) is 7.37. The monoisotopic (exact) mass is 372 g/mol. The summed E-state index contributed by atoms with van der Waals surface area (Å²) in [6.07, 6.45) is 12.7. The van der Waals surface area contributed by atoms with E-state index in [9.17, 15) is 14.7 Å². The molecule has 1 unspecified atom stereocenters. The Kier molecular flexibility index (Phi) is 4.51. The molecule has 4 aliphatic carbocycles. The van der Waals surface area contributed by atoms with Gasteiger partial charge in [0.25, 0.3) is 0 Å². The van der Waals surface area contributed by atoms with E-state index in [0.717, 1.165) is 37.7 Å². The highest BCUT2D eigenvalue weighted by molar-refractivity contribution is 5.70. The Labute approximate surface area is 161 Å². The summed E-state index contributed by atoms with van der Waals surface area (Å²) in [5.41, 5.74) is 2.78. The van der Waals surface area contributed by atoms with Crippen molar-refractivity contribution >= 4 is 11.9 Å². The number of carboxylic acid groups (broad SMARTS) is 2. The number of rotatable bonds is 4. The van der Waals surface area contributed by atoms with Gasteiger partial charge in [-0.25, -0.2) is 0 Å². The van der Waals surface area contributed by atoms with Gasteiger partial charge in [0.05, 0.1) is 6.42 Å². The van der Waals surface area contributed by atoms with Crippen molar-refractivity contribution in [2.24, 2.45) is 34.5 Å². The van der Waals surface area contributed by atoms with Gasteiger partial charge in [0.1, 0.15) is 0 Å². The van der Waals surface area contributed by atoms with Gasteiger partial charge in [-0.15, -0.1) is 0 Å². The highest BCUT2D eigenvalue weighted by atomic mass is 16.4. The van der Waals surface area contributed by atoms with E-state index in [1.54, 1.807) is 0 Å². The SMILES string of the molecule is C[C@]12CCC(CC(=O)O)=CC1=CC[C@@H]1[C@@H]2CC[C@]2(C)C(CC(=O)O)CC[C@@H]12. The first-order chi connectivity index (χ1) is 12.7. The molecule has 6 atom stereocenters. The molecule has 0 bridgehead atoms. The summed E-state index contributed by atoms with van der Waals surface area (Å²) in [4.78, 5) is 22.4. The Balaban J connectivity index is 1.60. The topological polar surface area (TPSA) is 74.6 Å². The standard InChI is InChI=1S/C23H32O4/c1-22-9-7-14(12-20(24)25)11-15(22)3-5-17-18-6-4-16(13-21(26)27)23(18,2)10-8-19(17)22/h3,11,16-19H,4-10,12-13H2,1-2H3,(H,24,25)(H,26,27)/t16?,17-,18-,19-,22-,23+/m0/s1. The summed E-state index contributed by atoms with van der Waals surface area (Å²) in [5, 5.41) is 18.5. The second-order valence-electron chi connectivity index (χ2n) is 9.98. The molecular weight excluding hydrogens is 340 g/mol. The van der Waals surface area contributed by atoms with Gasteiger partial charge >= 0.3 is 11.9 Å². The van der Waals surface area contributed by atoms with Crippen LogP contribution >= 0.6 is 0 Å². The minimum atomic E-state index is -0.733. The first kappa shape index (κ1) is 18.8. The van der Waals surface area contributed by atoms with Crippen LogP contribution in [0.1, 0.15) is 71.6 Å². The molecule has 2 N–H and O–H groups in total. The van der Waals surface area contributed by atoms with Crippen molar-refractivity contribution < 1.29 is 19.8 Å². The third-order valence-electron chi connectivity index (χ3n) is 8.85. The van der Waals surface area contributed by atoms with E-state index in [1.807, 2.05) is 0 Å². The number of carboxylic acids is 2. The summed E-state index contributed by atoms with van der Waals surface area (Å²) < 4.78 is 0. The zero-order valence-electron chi connectivity index (χ0n) is 16.5. The van der Waals surface area contributed by atoms with Crippen molar-refractivity contribution in [3.63, 3.8) is 0 Å². The summed E-state index contributed by atoms with van der Waals surface area (Å²) in [6, 6.07) is 0. The lowest BCUT2D eigenvalue weighted by Gasteiger charge is -2.57. The number of fused-ring (bicyclic) bond motifs is 5. The molecular formula is C23H32O4. The molecule has 27 heavy (non-hydrogen) atoms. The van der Waals surface area contributed by atoms with E-state index < -0.39 is 11.9 Å². The third kappa shape index (κ3) is 2.96. The minimum Gasteiger partial charge on any atom is -0.481 e. The van der Waals surface area contributed by atoms with Crippen molar-refractivity contribution in [1.29, 1.82) is 0 Å². The van der Waals surface area contributed by atoms with Crippen molar-refractivity contribution in [1.82, 2.24) is 0 Å². The summed E-state index contributed by atoms with van der Waals surface area (Å²) in [7, 11) is 0. The number of allylic oxidation sites excluding steroid dienone is 3. The Morgan fingerprint density at radius 3 is 2.56 bits per heavy atom. The average molecular weight is 373 g/mol. The molecule has 4 nitrogen and oxygen atoms in total. The van der Waals surface area contributed by atoms with E-state index >= 15 is 0 Å². The molecule has 4 heteroatoms. The van der Waals surface area contributed by atoms with Crippen LogP contribution in [0.5, 0.6) is 0 Å². The van der Waals surface area contributed by atoms with Crippen molar-refractivity contribution in [3.05, 3.63) is 23.3 Å². The lowest BCUT2D eigenvalue weighted by molar-refractivity contribution is -0.140. The largest absolute Gasteiger partial charge is 0.481 e. The fourth-order valence-electron chi connectivity index (χ4n) is 7.37. The zero-order chi connectivity index (χ0) is 19.4. The number of aliphatic carboxylic acids is 2. The number of carbonyl (C=O) groups is 2. The quantitative estimate of drug-likeness (QED) is 0.724. The van der Waals surface area contributed by atoms with Gasteiger partial charge in [-0.05, 0) is 85.0 Å². The zero-order valence-corrected chi connectivity index (χ0v) is 16.5. The predicted octanol–water partition coefficient (Wildman–Crippen LogP) is 5.05. The predicted molar refractivity (Wildman–Crippen MR) is 103 cm³/mol. The highest BCUT2D eigenvalue weighted by Gasteiger charge is 2.58. The van der Waals surface area contributed by atoms with Gasteiger partial charge in [0.15, 0.2) is 0 Å². The molecule has 0 aliphatic heterocycles. The molecule has 0 radical (unpaired) electrons. The van der Waals surface area contributed by atoms with Crippen LogP contribution in [0.15, 0.2) is 23.3 Å². The van der Waals surface area contributed by atoms with E-state index in [4.69, 9.17) is 5.11 Å². The fraction of sp³-hybridized carbons (Fsp3) is 0.739. The average Bonchev–Trinajstić information content (AvgIpc) is 2.91. The van der Waals surface area contributed by atoms with Gasteiger partial charge in [0, 0.05) is 6.42 Å². The first-order valence-electron chi connectivity index (χ1n) is 10.6. The molecule has 0 aromatic carbocycles. The number of hydrogen-bond donors (Lipinski definition) is 2. The van der Waals surface area contributed by atoms with Crippen LogP contribution < -0.4 is 0 Å². The van der Waals surface area contributed by atoms with Gasteiger partial charge in [-0.3, -0.25) is 9.59 Å². The van der Waals surface area contributed by atoms with Gasteiger partial charge < -0.3 is 10.2 Å². The Hall–Kier alpha value is -1.58. The second kappa shape index (κ2) is 6.49. The highest BCUT2D eigenvalue weighted by Crippen LogP contribution is 2.66. The molecule has 2 fully saturated rings. The maximum atomic E-state index is 11.3. The molecule has 4 aliphatic rings. The molecule has 0 aromatic rings. The van der Waals surface area contributed by atoms with Crippen LogP contribution in [-0.2, 0) is 9.59 Å². The van der Waals surface area contributed by atoms with Crippen molar-refractivity contribution in [2.45, 2.75) is 71.6 Å². The Morgan fingerprint density at radius 2 is 1.85 bits per heavy atom. The molecule has 0 amide bonds. The normalized spacial score (nSPS) is 43.0. The lowest BCUT2D eigenvalue weighted by Crippen LogP contribution is -2.49. The summed E-state index contributed by atoms with van der Waals surface area (Å²) in [5.74, 6) is 0.896. The van der Waals surface area contributed by atoms with Crippen LogP contribution in [0.2, 0.25) is 0 Å². The molecule has 0 saturated heterocycles. The van der Waals surface area contributed by atoms with Crippen molar-refractivity contribution in [2.75, 3.05) is 0 Å². The lowest BCUT2D eigenvalue weighted by atomic mass is 9.47. The Morgan fingerprint density at radius 1 is 1.07 bits per heavy atom. The molecule has 0 heterocycles. The molecule has 0 aromatic heterocycles. The van der Waals surface area contributed by atoms with Gasteiger partial charge in [0.2, 0.25) is 0 Å². The second-order valence-corrected chi connectivity index (χ2v) is 9.98. The van der Waals surface area contributed by atoms with E-state index in [0.29, 0.717) is 30.1 Å². The Bertz CT molecular complexity index is 720.